The Morgan fingerprint density at radius 2 is 0.650 bits per heavy atom. The Labute approximate surface area is 229 Å². The predicted molar refractivity (Wildman–Crippen MR) is 165 cm³/mol. The van der Waals surface area contributed by atoms with Gasteiger partial charge >= 0.3 is 0 Å². The molecule has 0 fully saturated rings. The van der Waals surface area contributed by atoms with Gasteiger partial charge in [-0.2, -0.15) is 4.73 Å². The number of hydrogen-bond acceptors (Lipinski definition) is 1. The van der Waals surface area contributed by atoms with Gasteiger partial charge in [0, 0.05) is 43.7 Å². The minimum atomic E-state index is 0.791. The van der Waals surface area contributed by atoms with Crippen LogP contribution in [0.4, 0.5) is 0 Å². The van der Waals surface area contributed by atoms with E-state index in [0.717, 1.165) is 33.2 Å². The van der Waals surface area contributed by atoms with E-state index in [1.807, 2.05) is 12.1 Å². The number of para-hydroxylation sites is 4. The Kier molecular flexibility index (Phi) is 4.17. The fraction of sp³-hybridized carbons (Fsp3) is 0. The molecule has 0 spiro atoms. The Balaban J connectivity index is 1.34. The Hall–Kier alpha value is -5.48. The van der Waals surface area contributed by atoms with Gasteiger partial charge in [-0.3, -0.25) is 0 Å². The molecular weight excluding hydrogens is 490 g/mol. The third-order valence-corrected chi connectivity index (χ3v) is 8.38. The molecular formula is C36H23N3O. The van der Waals surface area contributed by atoms with Crippen molar-refractivity contribution in [3.63, 3.8) is 0 Å². The molecule has 3 heterocycles. The summed E-state index contributed by atoms with van der Waals surface area (Å²) in [6.45, 7) is 0. The molecule has 0 aliphatic carbocycles. The number of aromatic nitrogens is 3. The van der Waals surface area contributed by atoms with Crippen molar-refractivity contribution < 1.29 is 5.21 Å². The van der Waals surface area contributed by atoms with Crippen LogP contribution in [-0.2, 0) is 0 Å². The molecule has 188 valence electrons. The highest BCUT2D eigenvalue weighted by molar-refractivity contribution is 6.13. The van der Waals surface area contributed by atoms with Gasteiger partial charge in [0.05, 0.1) is 33.1 Å². The lowest BCUT2D eigenvalue weighted by Gasteiger charge is -2.09. The molecule has 3 aromatic heterocycles. The predicted octanol–water partition coefficient (Wildman–Crippen LogP) is 9.23. The van der Waals surface area contributed by atoms with Crippen LogP contribution in [0.5, 0.6) is 0 Å². The molecule has 0 radical (unpaired) electrons. The Bertz CT molecular complexity index is 2180. The van der Waals surface area contributed by atoms with E-state index in [2.05, 4.69) is 130 Å². The van der Waals surface area contributed by atoms with Gasteiger partial charge in [0.2, 0.25) is 0 Å². The molecule has 0 aliphatic rings. The van der Waals surface area contributed by atoms with E-state index in [9.17, 15) is 5.21 Å². The fourth-order valence-corrected chi connectivity index (χ4v) is 6.66. The zero-order valence-electron chi connectivity index (χ0n) is 21.5. The van der Waals surface area contributed by atoms with Crippen LogP contribution in [0.2, 0.25) is 0 Å². The summed E-state index contributed by atoms with van der Waals surface area (Å²) in [4.78, 5) is 0. The largest absolute Gasteiger partial charge is 0.428 e. The monoisotopic (exact) mass is 513 g/mol. The summed E-state index contributed by atoms with van der Waals surface area (Å²) in [6, 6.07) is 46.8. The van der Waals surface area contributed by atoms with E-state index in [0.29, 0.717) is 0 Å². The molecule has 0 bridgehead atoms. The van der Waals surface area contributed by atoms with Crippen molar-refractivity contribution in [1.82, 2.24) is 13.9 Å². The fourth-order valence-electron chi connectivity index (χ4n) is 6.66. The summed E-state index contributed by atoms with van der Waals surface area (Å²) >= 11 is 0. The van der Waals surface area contributed by atoms with Gasteiger partial charge in [0.1, 0.15) is 0 Å². The lowest BCUT2D eigenvalue weighted by atomic mass is 10.1. The molecule has 4 nitrogen and oxygen atoms in total. The van der Waals surface area contributed by atoms with Crippen LogP contribution < -0.4 is 0 Å². The van der Waals surface area contributed by atoms with Crippen molar-refractivity contribution in [2.24, 2.45) is 0 Å². The van der Waals surface area contributed by atoms with Crippen LogP contribution in [0.1, 0.15) is 0 Å². The van der Waals surface area contributed by atoms with E-state index >= 15 is 0 Å². The standard InChI is InChI=1S/C36H23N3O/c40-39-35-19-17-23(37-31-13-5-1-9-25(31)26-10-2-6-14-32(26)37)21-29(35)30-22-24(18-20-36(30)39)38-33-15-7-3-11-27(33)28-12-4-8-16-34(28)38/h1-22,40H. The quantitative estimate of drug-likeness (QED) is 0.230. The number of fused-ring (bicyclic) bond motifs is 9. The molecule has 0 saturated carbocycles. The van der Waals surface area contributed by atoms with Crippen LogP contribution in [0.15, 0.2) is 133 Å². The molecule has 0 saturated heterocycles. The topological polar surface area (TPSA) is 35.0 Å². The first-order valence-corrected chi connectivity index (χ1v) is 13.5. The second kappa shape index (κ2) is 7.78. The number of rotatable bonds is 2. The zero-order chi connectivity index (χ0) is 26.4. The second-order valence-electron chi connectivity index (χ2n) is 10.5. The minimum Gasteiger partial charge on any atom is -0.428 e. The lowest BCUT2D eigenvalue weighted by molar-refractivity contribution is 0.213. The van der Waals surface area contributed by atoms with E-state index < -0.39 is 0 Å². The molecule has 0 unspecified atom stereocenters. The second-order valence-corrected chi connectivity index (χ2v) is 10.5. The Morgan fingerprint density at radius 3 is 1.00 bits per heavy atom. The van der Waals surface area contributed by atoms with Crippen molar-refractivity contribution in [2.75, 3.05) is 0 Å². The summed E-state index contributed by atoms with van der Waals surface area (Å²) in [6.07, 6.45) is 0. The van der Waals surface area contributed by atoms with Crippen LogP contribution in [0.3, 0.4) is 0 Å². The molecule has 9 aromatic rings. The number of hydrogen-bond donors (Lipinski definition) is 1. The van der Waals surface area contributed by atoms with Crippen LogP contribution in [-0.4, -0.2) is 19.1 Å². The van der Waals surface area contributed by atoms with E-state index in [1.54, 1.807) is 0 Å². The minimum absolute atomic E-state index is 0.791. The van der Waals surface area contributed by atoms with Crippen molar-refractivity contribution in [1.29, 1.82) is 0 Å². The van der Waals surface area contributed by atoms with Gasteiger partial charge in [-0.05, 0) is 60.7 Å². The average molecular weight is 514 g/mol. The van der Waals surface area contributed by atoms with Gasteiger partial charge in [-0.1, -0.05) is 72.8 Å². The molecule has 0 atom stereocenters. The van der Waals surface area contributed by atoms with Crippen molar-refractivity contribution >= 4 is 65.4 Å². The summed E-state index contributed by atoms with van der Waals surface area (Å²) in [5.74, 6) is 0. The highest BCUT2D eigenvalue weighted by Gasteiger charge is 2.17. The van der Waals surface area contributed by atoms with Crippen LogP contribution in [0, 0.1) is 0 Å². The first-order chi connectivity index (χ1) is 19.8. The molecule has 4 heteroatoms. The SMILES string of the molecule is On1c2ccc(-n3c4ccccc4c4ccccc43)cc2c2cc(-n3c4ccccc4c4ccccc43)ccc21. The molecule has 1 N–H and O–H groups in total. The number of nitrogens with zero attached hydrogens (tertiary/aromatic N) is 3. The maximum absolute atomic E-state index is 11.2. The third kappa shape index (κ3) is 2.74. The molecule has 0 amide bonds. The van der Waals surface area contributed by atoms with Gasteiger partial charge < -0.3 is 14.3 Å². The highest BCUT2D eigenvalue weighted by Crippen LogP contribution is 2.37. The van der Waals surface area contributed by atoms with Gasteiger partial charge in [-0.15, -0.1) is 0 Å². The van der Waals surface area contributed by atoms with Gasteiger partial charge in [0.15, 0.2) is 0 Å². The first-order valence-electron chi connectivity index (χ1n) is 13.5. The smallest absolute Gasteiger partial charge is 0.0880 e. The normalized spacial score (nSPS) is 12.1. The zero-order valence-corrected chi connectivity index (χ0v) is 21.5. The van der Waals surface area contributed by atoms with E-state index in [1.165, 1.54) is 48.3 Å². The van der Waals surface area contributed by atoms with E-state index in [4.69, 9.17) is 0 Å². The van der Waals surface area contributed by atoms with Crippen LogP contribution in [0.25, 0.3) is 76.8 Å². The Morgan fingerprint density at radius 1 is 0.325 bits per heavy atom. The summed E-state index contributed by atoms with van der Waals surface area (Å²) in [7, 11) is 0. The molecule has 40 heavy (non-hydrogen) atoms. The molecule has 6 aromatic carbocycles. The van der Waals surface area contributed by atoms with Crippen molar-refractivity contribution in [3.8, 4) is 11.4 Å². The summed E-state index contributed by atoms with van der Waals surface area (Å²) in [5.41, 5.74) is 8.39. The first kappa shape index (κ1) is 21.5. The summed E-state index contributed by atoms with van der Waals surface area (Å²) < 4.78 is 5.96. The van der Waals surface area contributed by atoms with Gasteiger partial charge in [0.25, 0.3) is 0 Å². The third-order valence-electron chi connectivity index (χ3n) is 8.38. The van der Waals surface area contributed by atoms with Gasteiger partial charge in [-0.25, -0.2) is 0 Å². The van der Waals surface area contributed by atoms with E-state index in [-0.39, 0.29) is 0 Å². The average Bonchev–Trinajstić information content (AvgIpc) is 3.63. The van der Waals surface area contributed by atoms with Crippen molar-refractivity contribution in [2.45, 2.75) is 0 Å². The maximum atomic E-state index is 11.2. The maximum Gasteiger partial charge on any atom is 0.0880 e. The molecule has 9 rings (SSSR count). The number of benzene rings is 6. The summed E-state index contributed by atoms with van der Waals surface area (Å²) in [5, 5.41) is 18.1. The van der Waals surface area contributed by atoms with Crippen molar-refractivity contribution in [3.05, 3.63) is 133 Å². The van der Waals surface area contributed by atoms with Crippen LogP contribution >= 0.6 is 0 Å². The molecule has 0 aliphatic heterocycles. The highest BCUT2D eigenvalue weighted by atomic mass is 16.5. The lowest BCUT2D eigenvalue weighted by Crippen LogP contribution is -1.94.